The summed E-state index contributed by atoms with van der Waals surface area (Å²) in [5.41, 5.74) is 8.06. The van der Waals surface area contributed by atoms with Crippen molar-refractivity contribution in [3.05, 3.63) is 64.4 Å². The number of hydrogen-bond acceptors (Lipinski definition) is 6. The van der Waals surface area contributed by atoms with Crippen LogP contribution in [0.15, 0.2) is 42.5 Å². The number of piperazine rings is 1. The van der Waals surface area contributed by atoms with E-state index in [2.05, 4.69) is 10.6 Å². The van der Waals surface area contributed by atoms with Gasteiger partial charge in [0, 0.05) is 54.5 Å². The molecule has 2 aliphatic heterocycles. The van der Waals surface area contributed by atoms with E-state index in [-0.39, 0.29) is 29.4 Å². The predicted octanol–water partition coefficient (Wildman–Crippen LogP) is 4.29. The number of ether oxygens (including phenoxy) is 1. The average molecular weight is 609 g/mol. The van der Waals surface area contributed by atoms with Crippen molar-refractivity contribution < 1.29 is 22.3 Å². The first-order valence-electron chi connectivity index (χ1n) is 14.3. The monoisotopic (exact) mass is 608 g/mol. The van der Waals surface area contributed by atoms with Crippen LogP contribution in [0.5, 0.6) is 0 Å². The fraction of sp³-hybridized carbons (Fsp3) is 0.567. The summed E-state index contributed by atoms with van der Waals surface area (Å²) in [7, 11) is -3.33. The van der Waals surface area contributed by atoms with Crippen LogP contribution in [0, 0.1) is 11.7 Å². The van der Waals surface area contributed by atoms with E-state index in [1.54, 1.807) is 24.3 Å². The van der Waals surface area contributed by atoms with Gasteiger partial charge in [-0.25, -0.2) is 12.8 Å². The number of halogens is 2. The molecule has 0 radical (unpaired) electrons. The second-order valence-electron chi connectivity index (χ2n) is 11.8. The van der Waals surface area contributed by atoms with Crippen LogP contribution in [0.4, 0.5) is 10.1 Å². The standard InChI is InChI=1S/C30H42ClFN4O4S/c1-30(2)18-21(14-17-40-30)27(20-10-12-22(31)13-11-20)28(33)29(37)35-26-9-5-8-25(32)24(26)7-4-6-23-19-34-15-16-36(23)41(3,38)39/h5,8-13,21,23,27-28,34H,4,6-7,14-19,33H2,1-3H3,(H,35,37)/t21?,23-,27-,28-/m0/s1. The van der Waals surface area contributed by atoms with Gasteiger partial charge in [0.05, 0.1) is 17.9 Å². The van der Waals surface area contributed by atoms with Crippen LogP contribution in [0.2, 0.25) is 5.02 Å². The van der Waals surface area contributed by atoms with E-state index in [9.17, 15) is 13.2 Å². The Morgan fingerprint density at radius 1 is 1.27 bits per heavy atom. The number of hydrogen-bond donors (Lipinski definition) is 3. The van der Waals surface area contributed by atoms with Crippen LogP contribution in [0.25, 0.3) is 0 Å². The second-order valence-corrected chi connectivity index (χ2v) is 14.2. The molecule has 2 aliphatic rings. The minimum Gasteiger partial charge on any atom is -0.376 e. The number of sulfonamides is 1. The summed E-state index contributed by atoms with van der Waals surface area (Å²) in [5, 5.41) is 6.76. The number of benzene rings is 2. The van der Waals surface area contributed by atoms with Crippen molar-refractivity contribution >= 4 is 33.2 Å². The van der Waals surface area contributed by atoms with Gasteiger partial charge in [-0.05, 0) is 81.7 Å². The van der Waals surface area contributed by atoms with E-state index in [1.807, 2.05) is 26.0 Å². The van der Waals surface area contributed by atoms with E-state index in [1.165, 1.54) is 16.6 Å². The summed E-state index contributed by atoms with van der Waals surface area (Å²) in [6.07, 6.45) is 4.20. The van der Waals surface area contributed by atoms with E-state index in [0.29, 0.717) is 61.8 Å². The Kier molecular flexibility index (Phi) is 10.5. The fourth-order valence-corrected chi connectivity index (χ4v) is 7.56. The Bertz CT molecular complexity index is 1310. The van der Waals surface area contributed by atoms with Gasteiger partial charge in [-0.1, -0.05) is 29.8 Å². The minimum atomic E-state index is -3.33. The molecular weight excluding hydrogens is 567 g/mol. The number of rotatable bonds is 10. The van der Waals surface area contributed by atoms with Crippen LogP contribution >= 0.6 is 11.6 Å². The zero-order valence-corrected chi connectivity index (χ0v) is 25.6. The van der Waals surface area contributed by atoms with Crippen LogP contribution in [0.1, 0.15) is 56.6 Å². The van der Waals surface area contributed by atoms with Crippen LogP contribution in [-0.2, 0) is 26.0 Å². The van der Waals surface area contributed by atoms with Gasteiger partial charge in [0.2, 0.25) is 15.9 Å². The summed E-state index contributed by atoms with van der Waals surface area (Å²) in [5.74, 6) is -0.984. The third kappa shape index (κ3) is 8.27. The lowest BCUT2D eigenvalue weighted by atomic mass is 9.73. The van der Waals surface area contributed by atoms with Gasteiger partial charge in [-0.2, -0.15) is 4.31 Å². The van der Waals surface area contributed by atoms with Gasteiger partial charge in [-0.3, -0.25) is 4.79 Å². The zero-order valence-electron chi connectivity index (χ0n) is 24.0. The van der Waals surface area contributed by atoms with Gasteiger partial charge in [0.15, 0.2) is 0 Å². The fourth-order valence-electron chi connectivity index (χ4n) is 6.29. The highest BCUT2D eigenvalue weighted by molar-refractivity contribution is 7.88. The normalized spacial score (nSPS) is 23.1. The number of carbonyl (C=O) groups is 1. The number of amides is 1. The molecule has 2 saturated heterocycles. The first kappa shape index (κ1) is 31.8. The molecule has 2 heterocycles. The number of nitrogens with two attached hydrogens (primary N) is 1. The maximum atomic E-state index is 15.0. The first-order valence-corrected chi connectivity index (χ1v) is 16.5. The Morgan fingerprint density at radius 2 is 2.00 bits per heavy atom. The largest absolute Gasteiger partial charge is 0.376 e. The highest BCUT2D eigenvalue weighted by Gasteiger charge is 2.39. The number of nitrogens with one attached hydrogen (secondary N) is 2. The third-order valence-corrected chi connectivity index (χ3v) is 9.84. The maximum Gasteiger partial charge on any atom is 0.241 e. The van der Waals surface area contributed by atoms with E-state index < -0.39 is 21.9 Å². The molecule has 1 unspecified atom stereocenters. The summed E-state index contributed by atoms with van der Waals surface area (Å²) in [6.45, 7) is 6.24. The molecule has 2 fully saturated rings. The number of nitrogens with zero attached hydrogens (tertiary/aromatic N) is 1. The topological polar surface area (TPSA) is 114 Å². The average Bonchev–Trinajstić information content (AvgIpc) is 2.90. The van der Waals surface area contributed by atoms with Crippen molar-refractivity contribution in [2.45, 2.75) is 69.6 Å². The Labute approximate surface area is 248 Å². The Balaban J connectivity index is 1.50. The molecular formula is C30H42ClFN4O4S. The van der Waals surface area contributed by atoms with Crippen LogP contribution < -0.4 is 16.4 Å². The highest BCUT2D eigenvalue weighted by atomic mass is 35.5. The molecule has 2 aromatic carbocycles. The summed E-state index contributed by atoms with van der Waals surface area (Å²) >= 11 is 6.15. The van der Waals surface area contributed by atoms with E-state index >= 15 is 4.39 Å². The lowest BCUT2D eigenvalue weighted by Crippen LogP contribution is -2.53. The summed E-state index contributed by atoms with van der Waals surface area (Å²) < 4.78 is 46.9. The molecule has 11 heteroatoms. The van der Waals surface area contributed by atoms with E-state index in [4.69, 9.17) is 22.1 Å². The van der Waals surface area contributed by atoms with Gasteiger partial charge < -0.3 is 21.1 Å². The molecule has 2 aromatic rings. The molecule has 4 rings (SSSR count). The Hall–Kier alpha value is -2.08. The van der Waals surface area contributed by atoms with Crippen LogP contribution in [0.3, 0.4) is 0 Å². The molecule has 4 N–H and O–H groups in total. The molecule has 226 valence electrons. The lowest BCUT2D eigenvalue weighted by Gasteiger charge is -2.41. The van der Waals surface area contributed by atoms with Crippen molar-refractivity contribution in [2.24, 2.45) is 11.7 Å². The Morgan fingerprint density at radius 3 is 2.68 bits per heavy atom. The number of anilines is 1. The molecule has 0 aliphatic carbocycles. The van der Waals surface area contributed by atoms with Gasteiger partial charge in [-0.15, -0.1) is 0 Å². The molecule has 8 nitrogen and oxygen atoms in total. The summed E-state index contributed by atoms with van der Waals surface area (Å²) in [6, 6.07) is 11.0. The van der Waals surface area contributed by atoms with Crippen molar-refractivity contribution in [3.63, 3.8) is 0 Å². The summed E-state index contributed by atoms with van der Waals surface area (Å²) in [4.78, 5) is 13.6. The van der Waals surface area contributed by atoms with Crippen molar-refractivity contribution in [1.29, 1.82) is 0 Å². The quantitative estimate of drug-likeness (QED) is 0.371. The number of carbonyl (C=O) groups excluding carboxylic acids is 1. The van der Waals surface area contributed by atoms with Crippen LogP contribution in [-0.4, -0.2) is 68.8 Å². The molecule has 1 amide bonds. The minimum absolute atomic E-state index is 0.106. The maximum absolute atomic E-state index is 15.0. The molecule has 4 atom stereocenters. The smallest absolute Gasteiger partial charge is 0.241 e. The molecule has 0 aromatic heterocycles. The molecule has 0 bridgehead atoms. The van der Waals surface area contributed by atoms with Crippen molar-refractivity contribution in [3.8, 4) is 0 Å². The molecule has 0 spiro atoms. The van der Waals surface area contributed by atoms with Gasteiger partial charge in [0.1, 0.15) is 5.82 Å². The van der Waals surface area contributed by atoms with Crippen molar-refractivity contribution in [2.75, 3.05) is 37.8 Å². The SMILES string of the molecule is CC1(C)CC([C@H](c2ccc(Cl)cc2)[C@H](N)C(=O)Nc2cccc(F)c2CCC[C@H]2CNCCN2S(C)(=O)=O)CCO1. The lowest BCUT2D eigenvalue weighted by molar-refractivity contribution is -0.119. The molecule has 0 saturated carbocycles. The third-order valence-electron chi connectivity index (χ3n) is 8.25. The highest BCUT2D eigenvalue weighted by Crippen LogP contribution is 2.40. The van der Waals surface area contributed by atoms with E-state index in [0.717, 1.165) is 18.4 Å². The predicted molar refractivity (Wildman–Crippen MR) is 161 cm³/mol. The van der Waals surface area contributed by atoms with Gasteiger partial charge in [0.25, 0.3) is 0 Å². The molecule has 41 heavy (non-hydrogen) atoms. The van der Waals surface area contributed by atoms with Crippen molar-refractivity contribution in [1.82, 2.24) is 9.62 Å². The first-order chi connectivity index (χ1) is 19.4. The van der Waals surface area contributed by atoms with Gasteiger partial charge >= 0.3 is 0 Å². The second kappa shape index (κ2) is 13.5. The zero-order chi connectivity index (χ0) is 29.8.